The Balaban J connectivity index is 1.60. The number of anilines is 2. The molecule has 6 aromatic carbocycles. The molecule has 4 amide bonds. The first kappa shape index (κ1) is 49.2. The van der Waals surface area contributed by atoms with Crippen molar-refractivity contribution >= 4 is 92.4 Å². The number of nitrogens with one attached hydrogen (secondary N) is 4. The highest BCUT2D eigenvalue weighted by molar-refractivity contribution is 7.93. The van der Waals surface area contributed by atoms with Gasteiger partial charge in [0, 0.05) is 11.4 Å². The Labute approximate surface area is 392 Å². The van der Waals surface area contributed by atoms with Crippen LogP contribution in [0.1, 0.15) is 34.1 Å². The van der Waals surface area contributed by atoms with Gasteiger partial charge < -0.3 is 20.1 Å². The van der Waals surface area contributed by atoms with Crippen LogP contribution < -0.4 is 42.7 Å². The molecule has 344 valence electrons. The number of rotatable bonds is 18. The van der Waals surface area contributed by atoms with Gasteiger partial charge in [-0.15, -0.1) is 0 Å². The maximum atomic E-state index is 14.8. The number of nitrogens with zero attached hydrogens (tertiary/aromatic N) is 2. The summed E-state index contributed by atoms with van der Waals surface area (Å²) in [5, 5.41) is 19.0. The van der Waals surface area contributed by atoms with E-state index in [0.29, 0.717) is 40.7 Å². The molecule has 6 rings (SSSR count). The van der Waals surface area contributed by atoms with E-state index in [-0.39, 0.29) is 24.6 Å². The van der Waals surface area contributed by atoms with Crippen molar-refractivity contribution < 1.29 is 28.7 Å². The van der Waals surface area contributed by atoms with E-state index in [1.807, 2.05) is 158 Å². The van der Waals surface area contributed by atoms with Gasteiger partial charge in [-0.1, -0.05) is 158 Å². The highest BCUT2D eigenvalue weighted by Crippen LogP contribution is 2.53. The minimum absolute atomic E-state index is 0.103. The number of para-hydroxylation sites is 2. The Morgan fingerprint density at radius 2 is 0.701 bits per heavy atom. The molecule has 0 aliphatic heterocycles. The van der Waals surface area contributed by atoms with E-state index < -0.39 is 37.8 Å². The summed E-state index contributed by atoms with van der Waals surface area (Å²) < 4.78 is 11.8. The standard InChI is InChI=1S/C53H56N6O6P2/c1-5-64-50(60)48(40(3)56-58-52(62)54-42-26-13-7-14-27-42)66(44-30-17-9-18-31-44,45-32-19-10-20-33-45)38-25-39-67(46-34-21-11-22-35-46,47-36-23-12-24-37-47)49(51(61)65-6-2)41(4)57-59-53(63)55-43-28-15-8-16-29-43/h7-24,26-37H,5-6,25,38-39H2,1-4H3,(H2,54,58,62)(H2,55,59,63)/b56-40+,57-41+. The van der Waals surface area contributed by atoms with Gasteiger partial charge in [0.15, 0.2) is 0 Å². The number of benzene rings is 6. The first-order chi connectivity index (χ1) is 32.6. The quantitative estimate of drug-likeness (QED) is 0.0293. The van der Waals surface area contributed by atoms with Crippen LogP contribution in [-0.2, 0) is 19.1 Å². The van der Waals surface area contributed by atoms with Gasteiger partial charge in [0.25, 0.3) is 0 Å². The molecule has 0 fully saturated rings. The largest absolute Gasteiger partial charge is 0.462 e. The predicted octanol–water partition coefficient (Wildman–Crippen LogP) is 8.58. The third kappa shape index (κ3) is 12.2. The van der Waals surface area contributed by atoms with Crippen LogP contribution in [0, 0.1) is 0 Å². The molecular formula is C53H56N6O6P2. The lowest BCUT2D eigenvalue weighted by Gasteiger charge is -2.35. The zero-order chi connectivity index (χ0) is 47.5. The molecule has 0 atom stereocenters. The van der Waals surface area contributed by atoms with Gasteiger partial charge in [0.1, 0.15) is 0 Å². The van der Waals surface area contributed by atoms with Crippen molar-refractivity contribution in [2.24, 2.45) is 10.2 Å². The number of ether oxygens (including phenoxy) is 2. The van der Waals surface area contributed by atoms with Gasteiger partial charge in [-0.3, -0.25) is 0 Å². The average molecular weight is 935 g/mol. The third-order valence-corrected chi connectivity index (χ3v) is 20.1. The van der Waals surface area contributed by atoms with Gasteiger partial charge in [-0.05, 0) is 106 Å². The second-order valence-corrected chi connectivity index (χ2v) is 22.3. The molecule has 0 aromatic heterocycles. The number of urea groups is 2. The summed E-state index contributed by atoms with van der Waals surface area (Å²) in [5.41, 5.74) is 6.97. The minimum Gasteiger partial charge on any atom is -0.462 e. The fraction of sp³-hybridized carbons (Fsp3) is 0.170. The van der Waals surface area contributed by atoms with Gasteiger partial charge in [0.05, 0.1) is 35.2 Å². The molecule has 0 radical (unpaired) electrons. The zero-order valence-electron chi connectivity index (χ0n) is 38.1. The Hall–Kier alpha value is -7.26. The van der Waals surface area contributed by atoms with E-state index in [2.05, 4.69) is 31.7 Å². The molecule has 0 bridgehead atoms. The minimum atomic E-state index is -3.06. The van der Waals surface area contributed by atoms with Crippen LogP contribution in [0.3, 0.4) is 0 Å². The summed E-state index contributed by atoms with van der Waals surface area (Å²) in [4.78, 5) is 56.0. The molecule has 0 unspecified atom stereocenters. The maximum Gasteiger partial charge on any atom is 0.340 e. The predicted molar refractivity (Wildman–Crippen MR) is 279 cm³/mol. The van der Waals surface area contributed by atoms with E-state index in [0.717, 1.165) is 21.2 Å². The van der Waals surface area contributed by atoms with Crippen LogP contribution in [0.15, 0.2) is 192 Å². The topological polar surface area (TPSA) is 160 Å². The lowest BCUT2D eigenvalue weighted by atomic mass is 10.3. The molecule has 0 aliphatic rings. The Morgan fingerprint density at radius 3 is 0.970 bits per heavy atom. The van der Waals surface area contributed by atoms with Gasteiger partial charge >= 0.3 is 24.0 Å². The van der Waals surface area contributed by atoms with Crippen molar-refractivity contribution in [1.82, 2.24) is 10.9 Å². The van der Waals surface area contributed by atoms with Crippen molar-refractivity contribution in [2.75, 3.05) is 36.2 Å². The number of hydrazone groups is 2. The summed E-state index contributed by atoms with van der Waals surface area (Å²) in [6, 6.07) is 56.4. The average Bonchev–Trinajstić information content (AvgIpc) is 3.36. The summed E-state index contributed by atoms with van der Waals surface area (Å²) in [6.07, 6.45) is 1.30. The van der Waals surface area contributed by atoms with Crippen molar-refractivity contribution in [1.29, 1.82) is 0 Å². The molecule has 0 saturated carbocycles. The van der Waals surface area contributed by atoms with E-state index in [4.69, 9.17) is 9.47 Å². The molecule has 0 spiro atoms. The molecule has 0 heterocycles. The normalized spacial score (nSPS) is 11.7. The first-order valence-electron chi connectivity index (χ1n) is 22.0. The molecule has 4 N–H and O–H groups in total. The number of carbonyl (C=O) groups excluding carboxylic acids is 4. The summed E-state index contributed by atoms with van der Waals surface area (Å²) in [5.74, 6) is -1.10. The summed E-state index contributed by atoms with van der Waals surface area (Å²) >= 11 is 0. The van der Waals surface area contributed by atoms with E-state index in [1.54, 1.807) is 52.0 Å². The molecule has 0 saturated heterocycles. The summed E-state index contributed by atoms with van der Waals surface area (Å²) in [6.45, 7) is 1.03. The highest BCUT2D eigenvalue weighted by Gasteiger charge is 2.37. The second kappa shape index (κ2) is 24.3. The van der Waals surface area contributed by atoms with Crippen LogP contribution in [0.2, 0.25) is 0 Å². The van der Waals surface area contributed by atoms with Gasteiger partial charge in [0.2, 0.25) is 0 Å². The highest BCUT2D eigenvalue weighted by atomic mass is 31.2. The molecule has 6 aromatic rings. The van der Waals surface area contributed by atoms with Crippen molar-refractivity contribution in [3.63, 3.8) is 0 Å². The van der Waals surface area contributed by atoms with Crippen LogP contribution in [0.5, 0.6) is 0 Å². The SMILES string of the molecule is CCOC(=O)C(/C(C)=N/NC(=O)Nc1ccccc1)=P(CCCP(=C(C(=O)OCC)/C(C)=N/NC(=O)Nc1ccccc1)(c1ccccc1)c1ccccc1)(c1ccccc1)c1ccccc1. The Bertz CT molecular complexity index is 2510. The lowest BCUT2D eigenvalue weighted by molar-refractivity contribution is -0.135. The Morgan fingerprint density at radius 1 is 0.433 bits per heavy atom. The monoisotopic (exact) mass is 934 g/mol. The Kier molecular flexibility index (Phi) is 17.8. The summed E-state index contributed by atoms with van der Waals surface area (Å²) in [7, 11) is 0. The van der Waals surface area contributed by atoms with E-state index >= 15 is 0 Å². The van der Waals surface area contributed by atoms with E-state index in [9.17, 15) is 19.2 Å². The van der Waals surface area contributed by atoms with Crippen molar-refractivity contribution in [3.05, 3.63) is 182 Å². The fourth-order valence-electron chi connectivity index (χ4n) is 8.12. The smallest absolute Gasteiger partial charge is 0.340 e. The fourth-order valence-corrected chi connectivity index (χ4v) is 17.4. The zero-order valence-corrected chi connectivity index (χ0v) is 39.9. The first-order valence-corrected chi connectivity index (χ1v) is 26.0. The third-order valence-electron chi connectivity index (χ3n) is 10.9. The lowest BCUT2D eigenvalue weighted by Crippen LogP contribution is -2.37. The van der Waals surface area contributed by atoms with Gasteiger partial charge in [-0.2, -0.15) is 10.2 Å². The van der Waals surface area contributed by atoms with Crippen LogP contribution in [0.4, 0.5) is 21.0 Å². The van der Waals surface area contributed by atoms with Crippen LogP contribution in [-0.4, -0.2) is 71.5 Å². The van der Waals surface area contributed by atoms with Crippen LogP contribution >= 0.6 is 13.8 Å². The maximum absolute atomic E-state index is 14.8. The van der Waals surface area contributed by atoms with Crippen molar-refractivity contribution in [2.45, 2.75) is 34.1 Å². The number of amides is 4. The molecule has 0 aliphatic carbocycles. The van der Waals surface area contributed by atoms with Crippen LogP contribution in [0.25, 0.3) is 0 Å². The van der Waals surface area contributed by atoms with Crippen molar-refractivity contribution in [3.8, 4) is 0 Å². The van der Waals surface area contributed by atoms with Gasteiger partial charge in [-0.25, -0.2) is 30.0 Å². The molecular weight excluding hydrogens is 879 g/mol. The number of hydrogen-bond donors (Lipinski definition) is 4. The molecule has 14 heteroatoms. The number of carbonyl (C=O) groups is 4. The number of hydrogen-bond acceptors (Lipinski definition) is 8. The molecule has 12 nitrogen and oxygen atoms in total. The second-order valence-electron chi connectivity index (χ2n) is 15.2. The van der Waals surface area contributed by atoms with E-state index in [1.165, 1.54) is 0 Å². The molecule has 67 heavy (non-hydrogen) atoms. The number of esters is 2.